The quantitative estimate of drug-likeness (QED) is 0.210. The number of rotatable bonds is 7. The Kier molecular flexibility index (Phi) is 9.07. The third kappa shape index (κ3) is 6.02. The predicted octanol–water partition coefficient (Wildman–Crippen LogP) is 7.10. The van der Waals surface area contributed by atoms with Crippen LogP contribution in [-0.2, 0) is 9.53 Å². The molecule has 1 spiro atoms. The second-order valence-corrected chi connectivity index (χ2v) is 17.4. The number of benzene rings is 2. The summed E-state index contributed by atoms with van der Waals surface area (Å²) in [5, 5.41) is 10.7. The minimum Gasteiger partial charge on any atom is -0.461 e. The highest BCUT2D eigenvalue weighted by Crippen LogP contribution is 2.47. The molecule has 5 aliphatic heterocycles. The first-order valence-electron chi connectivity index (χ1n) is 18.8. The lowest BCUT2D eigenvalue weighted by Crippen LogP contribution is -2.62. The molecule has 0 bridgehead atoms. The van der Waals surface area contributed by atoms with Crippen LogP contribution in [0.4, 0.5) is 24.0 Å². The van der Waals surface area contributed by atoms with Crippen LogP contribution in [0.2, 0.25) is 5.02 Å². The van der Waals surface area contributed by atoms with Gasteiger partial charge in [-0.05, 0) is 62.3 Å². The zero-order chi connectivity index (χ0) is 37.4. The number of carbonyl (C=O) groups excluding carboxylic acids is 1. The van der Waals surface area contributed by atoms with E-state index in [1.807, 2.05) is 11.0 Å². The van der Waals surface area contributed by atoms with Crippen molar-refractivity contribution in [2.24, 2.45) is 11.3 Å². The standard InChI is InChI=1S/C39H41ClF3N7O3S/c40-27-13-25-33(32(43)31(27)24-4-5-28(42)34-30(24)26(15-44)35(45)54-34)46-37(53-21-39-8-3-10-50(39)16-23(41)14-39)47-36(25)48-9-2-1-7-38(18-48)19-49(20-38)29(51)12-22-6-11-52-17-22/h4-5,13,22-23H,1-3,6-12,14,16-21,45H2/t22-,23-,39+/m1/s1. The lowest BCUT2D eigenvalue weighted by atomic mass is 9.75. The molecule has 1 amide bonds. The maximum Gasteiger partial charge on any atom is 0.319 e. The van der Waals surface area contributed by atoms with Gasteiger partial charge in [-0.2, -0.15) is 15.2 Å². The Bertz CT molecular complexity index is 2200. The van der Waals surface area contributed by atoms with Gasteiger partial charge in [0.1, 0.15) is 41.0 Å². The van der Waals surface area contributed by atoms with Gasteiger partial charge >= 0.3 is 6.01 Å². The van der Waals surface area contributed by atoms with Gasteiger partial charge in [-0.15, -0.1) is 11.3 Å². The molecule has 5 saturated heterocycles. The smallest absolute Gasteiger partial charge is 0.319 e. The number of nitrogen functional groups attached to an aromatic ring is 1. The van der Waals surface area contributed by atoms with Crippen molar-refractivity contribution in [3.05, 3.63) is 40.4 Å². The Labute approximate surface area is 319 Å². The van der Waals surface area contributed by atoms with Crippen LogP contribution < -0.4 is 15.4 Å². The number of aromatic nitrogens is 2. The summed E-state index contributed by atoms with van der Waals surface area (Å²) in [7, 11) is 0. The van der Waals surface area contributed by atoms with E-state index in [4.69, 9.17) is 31.8 Å². The number of hydrogen-bond donors (Lipinski definition) is 1. The lowest BCUT2D eigenvalue weighted by molar-refractivity contribution is -0.144. The normalized spacial score (nSPS) is 25.3. The number of ether oxygens (including phenoxy) is 2. The maximum atomic E-state index is 17.3. The Hall–Kier alpha value is -3.90. The van der Waals surface area contributed by atoms with Crippen molar-refractivity contribution in [3.63, 3.8) is 0 Å². The number of fused-ring (bicyclic) bond motifs is 3. The molecular weight excluding hydrogens is 739 g/mol. The molecule has 0 saturated carbocycles. The molecule has 0 radical (unpaired) electrons. The van der Waals surface area contributed by atoms with E-state index in [0.717, 1.165) is 56.4 Å². The molecule has 4 aromatic rings. The van der Waals surface area contributed by atoms with E-state index in [1.165, 1.54) is 12.1 Å². The second kappa shape index (κ2) is 13.7. The topological polar surface area (TPSA) is 121 Å². The van der Waals surface area contributed by atoms with E-state index in [1.54, 1.807) is 6.07 Å². The van der Waals surface area contributed by atoms with Gasteiger partial charge in [0, 0.05) is 80.5 Å². The molecule has 2 N–H and O–H groups in total. The highest BCUT2D eigenvalue weighted by molar-refractivity contribution is 7.23. The molecule has 284 valence electrons. The van der Waals surface area contributed by atoms with Gasteiger partial charge in [0.05, 0.1) is 20.8 Å². The highest BCUT2D eigenvalue weighted by atomic mass is 35.5. The van der Waals surface area contributed by atoms with Gasteiger partial charge in [0.15, 0.2) is 5.82 Å². The minimum atomic E-state index is -0.949. The third-order valence-corrected chi connectivity index (χ3v) is 13.7. The summed E-state index contributed by atoms with van der Waals surface area (Å²) in [4.78, 5) is 29.0. The van der Waals surface area contributed by atoms with Crippen molar-refractivity contribution < 1.29 is 27.4 Å². The number of alkyl halides is 1. The fourth-order valence-corrected chi connectivity index (χ4v) is 11.0. The molecule has 15 heteroatoms. The maximum absolute atomic E-state index is 17.3. The van der Waals surface area contributed by atoms with Gasteiger partial charge in [0.25, 0.3) is 0 Å². The minimum absolute atomic E-state index is 0.0301. The first-order valence-corrected chi connectivity index (χ1v) is 20.0. The third-order valence-electron chi connectivity index (χ3n) is 12.4. The number of amides is 1. The number of thiophene rings is 1. The number of nitriles is 1. The number of nitrogens with two attached hydrogens (primary N) is 1. The molecule has 5 fully saturated rings. The number of hydrogen-bond acceptors (Lipinski definition) is 10. The van der Waals surface area contributed by atoms with Crippen LogP contribution in [0.3, 0.4) is 0 Å². The van der Waals surface area contributed by atoms with E-state index in [9.17, 15) is 14.4 Å². The van der Waals surface area contributed by atoms with Crippen molar-refractivity contribution >= 4 is 60.7 Å². The Morgan fingerprint density at radius 2 is 2.02 bits per heavy atom. The zero-order valence-electron chi connectivity index (χ0n) is 29.8. The van der Waals surface area contributed by atoms with E-state index in [-0.39, 0.29) is 72.2 Å². The average Bonchev–Trinajstić information content (AvgIpc) is 3.88. The predicted molar refractivity (Wildman–Crippen MR) is 202 cm³/mol. The van der Waals surface area contributed by atoms with Gasteiger partial charge in [-0.3, -0.25) is 9.69 Å². The van der Waals surface area contributed by atoms with Crippen molar-refractivity contribution in [2.45, 2.75) is 63.1 Å². The monoisotopic (exact) mass is 779 g/mol. The summed E-state index contributed by atoms with van der Waals surface area (Å²) >= 11 is 7.89. The summed E-state index contributed by atoms with van der Waals surface area (Å²) in [6.07, 6.45) is 5.30. The summed E-state index contributed by atoms with van der Waals surface area (Å²) in [5.74, 6) is -0.458. The second-order valence-electron chi connectivity index (χ2n) is 16.0. The number of anilines is 2. The molecule has 3 atom stereocenters. The summed E-state index contributed by atoms with van der Waals surface area (Å²) in [6, 6.07) is 6.27. The van der Waals surface area contributed by atoms with E-state index in [2.05, 4.69) is 14.8 Å². The summed E-state index contributed by atoms with van der Waals surface area (Å²) in [6.45, 7) is 5.14. The van der Waals surface area contributed by atoms with Crippen LogP contribution in [-0.4, -0.2) is 96.5 Å². The van der Waals surface area contributed by atoms with Gasteiger partial charge in [-0.1, -0.05) is 24.1 Å². The Morgan fingerprint density at radius 1 is 1.17 bits per heavy atom. The van der Waals surface area contributed by atoms with Crippen LogP contribution in [0.25, 0.3) is 32.1 Å². The molecule has 0 aliphatic carbocycles. The highest BCUT2D eigenvalue weighted by Gasteiger charge is 2.50. The summed E-state index contributed by atoms with van der Waals surface area (Å²) in [5.41, 5.74) is 5.68. The summed E-state index contributed by atoms with van der Waals surface area (Å²) < 4.78 is 58.9. The number of halogens is 4. The molecule has 2 aromatic heterocycles. The molecule has 9 rings (SSSR count). The molecule has 54 heavy (non-hydrogen) atoms. The zero-order valence-corrected chi connectivity index (χ0v) is 31.4. The fraction of sp³-hybridized carbons (Fsp3) is 0.538. The van der Waals surface area contributed by atoms with E-state index in [0.29, 0.717) is 70.0 Å². The van der Waals surface area contributed by atoms with Crippen LogP contribution in [0.1, 0.15) is 56.9 Å². The van der Waals surface area contributed by atoms with Crippen molar-refractivity contribution in [1.29, 1.82) is 5.26 Å². The fourth-order valence-electron chi connectivity index (χ4n) is 9.73. The number of likely N-dealkylation sites (tertiary alicyclic amines) is 1. The average molecular weight is 780 g/mol. The van der Waals surface area contributed by atoms with Crippen LogP contribution in [0.5, 0.6) is 6.01 Å². The van der Waals surface area contributed by atoms with Crippen molar-refractivity contribution in [2.75, 3.05) is 69.7 Å². The SMILES string of the molecule is N#Cc1c(N)sc2c(F)ccc(-c3c(Cl)cc4c(N5CCCCC6(CN(C(=O)C[C@H]7CCOC7)C6)C5)nc(OC[C@@]56CCCN5C[C@H](F)C6)nc4c3F)c12. The Morgan fingerprint density at radius 3 is 2.81 bits per heavy atom. The first kappa shape index (κ1) is 35.8. The van der Waals surface area contributed by atoms with Crippen LogP contribution >= 0.6 is 22.9 Å². The van der Waals surface area contributed by atoms with E-state index >= 15 is 8.78 Å². The van der Waals surface area contributed by atoms with Crippen LogP contribution in [0.15, 0.2) is 18.2 Å². The van der Waals surface area contributed by atoms with E-state index < -0.39 is 23.3 Å². The molecule has 10 nitrogen and oxygen atoms in total. The number of carbonyl (C=O) groups is 1. The Balaban J connectivity index is 1.12. The first-order chi connectivity index (χ1) is 26.1. The molecule has 2 aromatic carbocycles. The van der Waals surface area contributed by atoms with Gasteiger partial charge in [0.2, 0.25) is 5.91 Å². The number of nitrogens with zero attached hydrogens (tertiary/aromatic N) is 6. The molecular formula is C39H41ClF3N7O3S. The van der Waals surface area contributed by atoms with Crippen molar-refractivity contribution in [1.82, 2.24) is 19.8 Å². The van der Waals surface area contributed by atoms with Gasteiger partial charge in [-0.25, -0.2) is 13.2 Å². The lowest BCUT2D eigenvalue weighted by Gasteiger charge is -2.51. The molecule has 5 aliphatic rings. The largest absolute Gasteiger partial charge is 0.461 e. The van der Waals surface area contributed by atoms with Crippen LogP contribution in [0, 0.1) is 34.3 Å². The van der Waals surface area contributed by atoms with Gasteiger partial charge < -0.3 is 25.0 Å². The van der Waals surface area contributed by atoms with Crippen molar-refractivity contribution in [3.8, 4) is 23.2 Å². The molecule has 7 heterocycles. The molecule has 0 unspecified atom stereocenters.